The zero-order valence-corrected chi connectivity index (χ0v) is 19.8. The van der Waals surface area contributed by atoms with E-state index in [1.807, 2.05) is 26.8 Å². The average molecular weight is 477 g/mol. The summed E-state index contributed by atoms with van der Waals surface area (Å²) >= 11 is 12.2. The maximum Gasteiger partial charge on any atom is 0.341 e. The van der Waals surface area contributed by atoms with Crippen molar-refractivity contribution in [3.05, 3.63) is 69.3 Å². The number of hydrogen-bond acceptors (Lipinski definition) is 5. The number of allylic oxidation sites excluding steroid dienone is 4. The Morgan fingerprint density at radius 3 is 2.56 bits per heavy atom. The van der Waals surface area contributed by atoms with Crippen molar-refractivity contribution >= 4 is 40.9 Å². The van der Waals surface area contributed by atoms with Gasteiger partial charge < -0.3 is 9.47 Å². The minimum absolute atomic E-state index is 0.0561. The number of esters is 2. The molecule has 32 heavy (non-hydrogen) atoms. The Morgan fingerprint density at radius 2 is 1.91 bits per heavy atom. The highest BCUT2D eigenvalue weighted by Crippen LogP contribution is 2.45. The van der Waals surface area contributed by atoms with E-state index < -0.39 is 29.6 Å². The van der Waals surface area contributed by atoms with Crippen LogP contribution in [0.3, 0.4) is 0 Å². The Labute approximate surface area is 198 Å². The lowest BCUT2D eigenvalue weighted by Gasteiger charge is -2.34. The lowest BCUT2D eigenvalue weighted by molar-refractivity contribution is -0.140. The molecule has 5 nitrogen and oxygen atoms in total. The van der Waals surface area contributed by atoms with Crippen LogP contribution in [0.4, 0.5) is 0 Å². The van der Waals surface area contributed by atoms with Gasteiger partial charge in [-0.1, -0.05) is 46.5 Å². The first kappa shape index (κ1) is 24.3. The van der Waals surface area contributed by atoms with Crippen LogP contribution in [0.5, 0.6) is 0 Å². The Balaban J connectivity index is 1.80. The third-order valence-electron chi connectivity index (χ3n) is 5.73. The van der Waals surface area contributed by atoms with Gasteiger partial charge in [-0.25, -0.2) is 4.79 Å². The first-order valence-corrected chi connectivity index (χ1v) is 11.3. The van der Waals surface area contributed by atoms with E-state index in [9.17, 15) is 14.4 Å². The van der Waals surface area contributed by atoms with Gasteiger partial charge in [0.05, 0.1) is 27.4 Å². The van der Waals surface area contributed by atoms with Crippen molar-refractivity contribution in [2.75, 3.05) is 0 Å². The van der Waals surface area contributed by atoms with Crippen LogP contribution in [0.1, 0.15) is 56.8 Å². The highest BCUT2D eigenvalue weighted by molar-refractivity contribution is 6.39. The molecule has 1 heterocycles. The zero-order chi connectivity index (χ0) is 23.5. The van der Waals surface area contributed by atoms with Gasteiger partial charge in [-0.3, -0.25) is 9.59 Å². The van der Waals surface area contributed by atoms with Crippen LogP contribution < -0.4 is 0 Å². The second kappa shape index (κ2) is 10.1. The van der Waals surface area contributed by atoms with Crippen LogP contribution in [0, 0.1) is 5.41 Å². The van der Waals surface area contributed by atoms with Crippen molar-refractivity contribution in [2.45, 2.75) is 58.7 Å². The molecule has 2 aliphatic rings. The summed E-state index contributed by atoms with van der Waals surface area (Å²) in [5.74, 6) is -1.33. The van der Waals surface area contributed by atoms with Crippen LogP contribution >= 0.6 is 23.2 Å². The molecule has 1 saturated heterocycles. The molecule has 3 rings (SSSR count). The predicted octanol–water partition coefficient (Wildman–Crippen LogP) is 6.04. The summed E-state index contributed by atoms with van der Waals surface area (Å²) in [6.45, 7) is 6.03. The Bertz CT molecular complexity index is 999. The van der Waals surface area contributed by atoms with Crippen molar-refractivity contribution < 1.29 is 23.9 Å². The molecule has 0 saturated carbocycles. The number of carbonyl (C=O) groups is 3. The van der Waals surface area contributed by atoms with Gasteiger partial charge in [0.15, 0.2) is 5.78 Å². The van der Waals surface area contributed by atoms with Crippen LogP contribution in [0.2, 0.25) is 10.0 Å². The monoisotopic (exact) mass is 476 g/mol. The third-order valence-corrected chi connectivity index (χ3v) is 6.36. The molecule has 0 aromatic heterocycles. The van der Waals surface area contributed by atoms with Gasteiger partial charge in [0.2, 0.25) is 0 Å². The number of rotatable bonds is 6. The molecule has 0 N–H and O–H groups in total. The van der Waals surface area contributed by atoms with Crippen molar-refractivity contribution in [1.82, 2.24) is 0 Å². The lowest BCUT2D eigenvalue weighted by Crippen LogP contribution is -2.43. The third kappa shape index (κ3) is 5.33. The van der Waals surface area contributed by atoms with Gasteiger partial charge in [0.1, 0.15) is 12.2 Å². The molecule has 0 bridgehead atoms. The number of ketones is 1. The molecule has 3 atom stereocenters. The van der Waals surface area contributed by atoms with E-state index >= 15 is 0 Å². The maximum atomic E-state index is 12.9. The smallest absolute Gasteiger partial charge is 0.341 e. The maximum absolute atomic E-state index is 12.9. The summed E-state index contributed by atoms with van der Waals surface area (Å²) in [5, 5.41) is 0.362. The lowest BCUT2D eigenvalue weighted by atomic mass is 9.69. The zero-order valence-electron chi connectivity index (χ0n) is 18.3. The van der Waals surface area contributed by atoms with E-state index in [2.05, 4.69) is 6.08 Å². The summed E-state index contributed by atoms with van der Waals surface area (Å²) in [5.41, 5.74) is 1.23. The SMILES string of the molecule is CC(C)=CCC/C(C)=C/[C@H]1OC(=O)C[C@]12C[C@H](OC(=O)c1c(Cl)cccc1Cl)C=CC2=O. The van der Waals surface area contributed by atoms with E-state index in [0.29, 0.717) is 0 Å². The summed E-state index contributed by atoms with van der Waals surface area (Å²) in [6, 6.07) is 4.73. The molecule has 1 spiro atoms. The van der Waals surface area contributed by atoms with Gasteiger partial charge in [-0.05, 0) is 64.0 Å². The van der Waals surface area contributed by atoms with E-state index in [1.165, 1.54) is 17.7 Å². The van der Waals surface area contributed by atoms with Crippen molar-refractivity contribution in [2.24, 2.45) is 5.41 Å². The minimum atomic E-state index is -1.10. The molecule has 7 heteroatoms. The molecule has 1 aliphatic carbocycles. The van der Waals surface area contributed by atoms with Crippen molar-refractivity contribution in [1.29, 1.82) is 0 Å². The summed E-state index contributed by atoms with van der Waals surface area (Å²) < 4.78 is 11.1. The summed E-state index contributed by atoms with van der Waals surface area (Å²) in [6.07, 6.45) is 7.21. The molecule has 170 valence electrons. The first-order chi connectivity index (χ1) is 15.1. The number of ether oxygens (including phenoxy) is 2. The number of hydrogen-bond donors (Lipinski definition) is 0. The quantitative estimate of drug-likeness (QED) is 0.369. The van der Waals surface area contributed by atoms with E-state index in [0.717, 1.165) is 18.4 Å². The van der Waals surface area contributed by atoms with Gasteiger partial charge >= 0.3 is 11.9 Å². The van der Waals surface area contributed by atoms with Crippen molar-refractivity contribution in [3.63, 3.8) is 0 Å². The van der Waals surface area contributed by atoms with Gasteiger partial charge in [-0.15, -0.1) is 0 Å². The molecular formula is C25H26Cl2O5. The summed E-state index contributed by atoms with van der Waals surface area (Å²) in [4.78, 5) is 37.9. The largest absolute Gasteiger partial charge is 0.457 e. The molecule has 1 aliphatic heterocycles. The van der Waals surface area contributed by atoms with Crippen molar-refractivity contribution in [3.8, 4) is 0 Å². The Hall–Kier alpha value is -2.37. The fourth-order valence-electron chi connectivity index (χ4n) is 4.05. The van der Waals surface area contributed by atoms with Gasteiger partial charge in [-0.2, -0.15) is 0 Å². The van der Waals surface area contributed by atoms with E-state index in [1.54, 1.807) is 18.2 Å². The van der Waals surface area contributed by atoms with Gasteiger partial charge in [0.25, 0.3) is 0 Å². The Kier molecular flexibility index (Phi) is 7.63. The highest BCUT2D eigenvalue weighted by Gasteiger charge is 2.55. The summed E-state index contributed by atoms with van der Waals surface area (Å²) in [7, 11) is 0. The fourth-order valence-corrected chi connectivity index (χ4v) is 4.60. The molecule has 0 unspecified atom stereocenters. The molecule has 1 fully saturated rings. The second-order valence-electron chi connectivity index (χ2n) is 8.54. The molecule has 0 amide bonds. The topological polar surface area (TPSA) is 69.7 Å². The van der Waals surface area contributed by atoms with Gasteiger partial charge in [0, 0.05) is 6.42 Å². The van der Waals surface area contributed by atoms with Crippen LogP contribution in [0.25, 0.3) is 0 Å². The normalized spacial score (nSPS) is 25.1. The van der Waals surface area contributed by atoms with Crippen LogP contribution in [-0.4, -0.2) is 29.9 Å². The highest BCUT2D eigenvalue weighted by atomic mass is 35.5. The van der Waals surface area contributed by atoms with E-state index in [-0.39, 0.29) is 34.2 Å². The number of benzene rings is 1. The first-order valence-electron chi connectivity index (χ1n) is 10.5. The Morgan fingerprint density at radius 1 is 1.22 bits per heavy atom. The number of carbonyl (C=O) groups excluding carboxylic acids is 3. The molecule has 1 aromatic carbocycles. The standard InChI is InChI=1S/C25H26Cl2O5/c1-15(2)6-4-7-16(3)12-21-25(14-22(29)32-21)13-17(10-11-20(25)28)31-24(30)23-18(26)8-5-9-19(23)27/h5-6,8-12,17,21H,4,7,13-14H2,1-3H3/b16-12+/t17-,21-,25+/m1/s1. The van der Waals surface area contributed by atoms with E-state index in [4.69, 9.17) is 32.7 Å². The average Bonchev–Trinajstić information content (AvgIpc) is 2.99. The van der Waals surface area contributed by atoms with Crippen LogP contribution in [0.15, 0.2) is 53.6 Å². The molecule has 1 aromatic rings. The molecular weight excluding hydrogens is 451 g/mol. The second-order valence-corrected chi connectivity index (χ2v) is 9.36. The molecule has 0 radical (unpaired) electrons. The minimum Gasteiger partial charge on any atom is -0.457 e. The van der Waals surface area contributed by atoms with Crippen LogP contribution in [-0.2, 0) is 19.1 Å². The number of halogens is 2. The fraction of sp³-hybridized carbons (Fsp3) is 0.400. The predicted molar refractivity (Wildman–Crippen MR) is 124 cm³/mol. The number of cyclic esters (lactones) is 1.